The van der Waals surface area contributed by atoms with Crippen LogP contribution in [-0.4, -0.2) is 29.2 Å². The van der Waals surface area contributed by atoms with Crippen LogP contribution in [0.2, 0.25) is 0 Å². The summed E-state index contributed by atoms with van der Waals surface area (Å²) in [7, 11) is 0. The Labute approximate surface area is 108 Å². The van der Waals surface area contributed by atoms with Gasteiger partial charge in [0.25, 0.3) is 5.56 Å². The average Bonchev–Trinajstić information content (AvgIpc) is 2.38. The van der Waals surface area contributed by atoms with Gasteiger partial charge >= 0.3 is 0 Å². The van der Waals surface area contributed by atoms with Gasteiger partial charge in [0.05, 0.1) is 0 Å². The lowest BCUT2D eigenvalue weighted by molar-refractivity contribution is 0.392. The summed E-state index contributed by atoms with van der Waals surface area (Å²) in [5.41, 5.74) is -0.0312. The Bertz CT molecular complexity index is 435. The van der Waals surface area contributed by atoms with Gasteiger partial charge in [-0.3, -0.25) is 4.79 Å². The maximum Gasteiger partial charge on any atom is 0.293 e. The van der Waals surface area contributed by atoms with Crippen molar-refractivity contribution in [2.75, 3.05) is 25.0 Å². The monoisotopic (exact) mass is 250 g/mol. The van der Waals surface area contributed by atoms with E-state index < -0.39 is 0 Å². The van der Waals surface area contributed by atoms with Gasteiger partial charge in [-0.15, -0.1) is 0 Å². The first kappa shape index (κ1) is 13.1. The summed E-state index contributed by atoms with van der Waals surface area (Å²) >= 11 is 0. The van der Waals surface area contributed by atoms with E-state index in [-0.39, 0.29) is 11.6 Å². The molecule has 0 radical (unpaired) electrons. The highest BCUT2D eigenvalue weighted by Crippen LogP contribution is 2.10. The molecule has 0 aromatic carbocycles. The number of aromatic nitrogens is 2. The smallest absolute Gasteiger partial charge is 0.293 e. The molecular weight excluding hydrogens is 228 g/mol. The first-order valence-corrected chi connectivity index (χ1v) is 6.70. The molecule has 5 nitrogen and oxygen atoms in total. The van der Waals surface area contributed by atoms with Gasteiger partial charge in [0.15, 0.2) is 5.82 Å². The molecule has 0 bridgehead atoms. The van der Waals surface area contributed by atoms with Crippen LogP contribution in [-0.2, 0) is 0 Å². The zero-order valence-corrected chi connectivity index (χ0v) is 11.1. The van der Waals surface area contributed by atoms with E-state index in [1.54, 1.807) is 17.0 Å². The molecule has 1 fully saturated rings. The molecule has 2 N–H and O–H groups in total. The third-order valence-electron chi connectivity index (χ3n) is 3.38. The van der Waals surface area contributed by atoms with Crippen LogP contribution in [0.25, 0.3) is 0 Å². The van der Waals surface area contributed by atoms with E-state index in [0.717, 1.165) is 19.6 Å². The molecule has 0 spiro atoms. The number of rotatable bonds is 4. The second kappa shape index (κ2) is 6.00. The highest BCUT2D eigenvalue weighted by Gasteiger charge is 2.14. The third kappa shape index (κ3) is 3.10. The lowest BCUT2D eigenvalue weighted by atomic mass is 10.00. The molecule has 100 valence electrons. The van der Waals surface area contributed by atoms with Crippen LogP contribution in [0.15, 0.2) is 17.2 Å². The van der Waals surface area contributed by atoms with E-state index in [9.17, 15) is 4.79 Å². The van der Waals surface area contributed by atoms with E-state index in [1.807, 2.05) is 13.8 Å². The number of nitrogens with zero attached hydrogens (tertiary/aromatic N) is 2. The molecule has 0 aliphatic carbocycles. The van der Waals surface area contributed by atoms with Crippen LogP contribution >= 0.6 is 0 Å². The number of piperidine rings is 1. The summed E-state index contributed by atoms with van der Waals surface area (Å²) in [5.74, 6) is 1.06. The summed E-state index contributed by atoms with van der Waals surface area (Å²) in [5, 5.41) is 6.57. The molecule has 1 aliphatic heterocycles. The number of nitrogens with one attached hydrogen (secondary N) is 2. The van der Waals surface area contributed by atoms with Gasteiger partial charge < -0.3 is 15.2 Å². The van der Waals surface area contributed by atoms with Gasteiger partial charge in [-0.2, -0.15) is 0 Å². The fourth-order valence-electron chi connectivity index (χ4n) is 2.29. The molecule has 0 amide bonds. The zero-order valence-electron chi connectivity index (χ0n) is 11.1. The SMILES string of the molecule is CC(C)n1ccnc(NCC2CCCNC2)c1=O. The predicted octanol–water partition coefficient (Wildman–Crippen LogP) is 1.24. The Hall–Kier alpha value is -1.36. The summed E-state index contributed by atoms with van der Waals surface area (Å²) < 4.78 is 1.70. The minimum atomic E-state index is -0.0312. The quantitative estimate of drug-likeness (QED) is 0.844. The molecule has 1 unspecified atom stereocenters. The highest BCUT2D eigenvalue weighted by atomic mass is 16.1. The number of anilines is 1. The van der Waals surface area contributed by atoms with Crippen molar-refractivity contribution in [3.8, 4) is 0 Å². The fourth-order valence-corrected chi connectivity index (χ4v) is 2.29. The second-order valence-corrected chi connectivity index (χ2v) is 5.18. The van der Waals surface area contributed by atoms with E-state index in [4.69, 9.17) is 0 Å². The van der Waals surface area contributed by atoms with Gasteiger partial charge in [-0.1, -0.05) is 0 Å². The van der Waals surface area contributed by atoms with Crippen LogP contribution in [0.5, 0.6) is 0 Å². The molecule has 1 aromatic rings. The Morgan fingerprint density at radius 2 is 2.44 bits per heavy atom. The first-order chi connectivity index (χ1) is 8.68. The van der Waals surface area contributed by atoms with Crippen molar-refractivity contribution < 1.29 is 0 Å². The number of hydrogen-bond acceptors (Lipinski definition) is 4. The van der Waals surface area contributed by atoms with E-state index >= 15 is 0 Å². The Kier molecular flexibility index (Phi) is 4.36. The molecular formula is C13H22N4O. The summed E-state index contributed by atoms with van der Waals surface area (Å²) in [4.78, 5) is 16.2. The minimum Gasteiger partial charge on any atom is -0.365 e. The Morgan fingerprint density at radius 3 is 3.11 bits per heavy atom. The van der Waals surface area contributed by atoms with Crippen molar-refractivity contribution in [3.63, 3.8) is 0 Å². The third-order valence-corrected chi connectivity index (χ3v) is 3.38. The molecule has 1 aromatic heterocycles. The topological polar surface area (TPSA) is 59.0 Å². The maximum absolute atomic E-state index is 12.1. The molecule has 5 heteroatoms. The van der Waals surface area contributed by atoms with Crippen molar-refractivity contribution in [2.24, 2.45) is 5.92 Å². The van der Waals surface area contributed by atoms with Crippen molar-refractivity contribution in [1.29, 1.82) is 0 Å². The van der Waals surface area contributed by atoms with Gasteiger partial charge in [0, 0.05) is 25.0 Å². The highest BCUT2D eigenvalue weighted by molar-refractivity contribution is 5.30. The van der Waals surface area contributed by atoms with Crippen molar-refractivity contribution in [3.05, 3.63) is 22.7 Å². The van der Waals surface area contributed by atoms with Crippen molar-refractivity contribution in [1.82, 2.24) is 14.9 Å². The summed E-state index contributed by atoms with van der Waals surface area (Å²) in [6, 6.07) is 0.164. The van der Waals surface area contributed by atoms with Crippen LogP contribution in [0.3, 0.4) is 0 Å². The average molecular weight is 250 g/mol. The van der Waals surface area contributed by atoms with Gasteiger partial charge in [0.1, 0.15) is 0 Å². The number of hydrogen-bond donors (Lipinski definition) is 2. The lowest BCUT2D eigenvalue weighted by Gasteiger charge is -2.23. The molecule has 1 atom stereocenters. The molecule has 2 rings (SSSR count). The Morgan fingerprint density at radius 1 is 1.61 bits per heavy atom. The molecule has 1 aliphatic rings. The minimum absolute atomic E-state index is 0.0312. The second-order valence-electron chi connectivity index (χ2n) is 5.18. The largest absolute Gasteiger partial charge is 0.365 e. The van der Waals surface area contributed by atoms with Crippen LogP contribution in [0.1, 0.15) is 32.7 Å². The predicted molar refractivity (Wildman–Crippen MR) is 73.0 cm³/mol. The van der Waals surface area contributed by atoms with E-state index in [1.165, 1.54) is 12.8 Å². The fraction of sp³-hybridized carbons (Fsp3) is 0.692. The standard InChI is InChI=1S/C13H22N4O/c1-10(2)17-7-6-15-12(13(17)18)16-9-11-4-3-5-14-8-11/h6-7,10-11,14H,3-5,8-9H2,1-2H3,(H,15,16). The molecule has 2 heterocycles. The van der Waals surface area contributed by atoms with Crippen LogP contribution in [0, 0.1) is 5.92 Å². The summed E-state index contributed by atoms with van der Waals surface area (Å²) in [6.45, 7) is 6.95. The van der Waals surface area contributed by atoms with Crippen LogP contribution < -0.4 is 16.2 Å². The molecule has 1 saturated heterocycles. The van der Waals surface area contributed by atoms with Crippen molar-refractivity contribution >= 4 is 5.82 Å². The zero-order chi connectivity index (χ0) is 13.0. The normalized spacial score (nSPS) is 20.1. The molecule has 0 saturated carbocycles. The van der Waals surface area contributed by atoms with E-state index in [2.05, 4.69) is 15.6 Å². The molecule has 18 heavy (non-hydrogen) atoms. The van der Waals surface area contributed by atoms with Crippen molar-refractivity contribution in [2.45, 2.75) is 32.7 Å². The van der Waals surface area contributed by atoms with Crippen LogP contribution in [0.4, 0.5) is 5.82 Å². The van der Waals surface area contributed by atoms with Gasteiger partial charge in [0.2, 0.25) is 0 Å². The summed E-state index contributed by atoms with van der Waals surface area (Å²) in [6.07, 6.45) is 5.85. The first-order valence-electron chi connectivity index (χ1n) is 6.70. The maximum atomic E-state index is 12.1. The van der Waals surface area contributed by atoms with Gasteiger partial charge in [-0.05, 0) is 45.7 Å². The van der Waals surface area contributed by atoms with E-state index in [0.29, 0.717) is 11.7 Å². The van der Waals surface area contributed by atoms with Gasteiger partial charge in [-0.25, -0.2) is 4.98 Å². The lowest BCUT2D eigenvalue weighted by Crippen LogP contribution is -2.35. The Balaban J connectivity index is 2.00.